The van der Waals surface area contributed by atoms with E-state index in [1.165, 1.54) is 7.11 Å². The fraction of sp³-hybridized carbons (Fsp3) is 0.417. The summed E-state index contributed by atoms with van der Waals surface area (Å²) in [6, 6.07) is 2.68. The molecule has 1 aromatic rings. The van der Waals surface area contributed by atoms with Crippen LogP contribution in [0, 0.1) is 6.92 Å². The molecular formula is C12H19N3O3. The molecule has 18 heavy (non-hydrogen) atoms. The summed E-state index contributed by atoms with van der Waals surface area (Å²) in [6.07, 6.45) is 0. The average Bonchev–Trinajstić information content (AvgIpc) is 2.37. The highest BCUT2D eigenvalue weighted by Crippen LogP contribution is 2.31. The zero-order chi connectivity index (χ0) is 13.7. The summed E-state index contributed by atoms with van der Waals surface area (Å²) >= 11 is 0. The Morgan fingerprint density at radius 1 is 1.28 bits per heavy atom. The monoisotopic (exact) mass is 253 g/mol. The van der Waals surface area contributed by atoms with Gasteiger partial charge in [0.2, 0.25) is 0 Å². The van der Waals surface area contributed by atoms with Crippen molar-refractivity contribution in [1.29, 1.82) is 0 Å². The molecular weight excluding hydrogens is 234 g/mol. The van der Waals surface area contributed by atoms with Crippen molar-refractivity contribution in [3.8, 4) is 11.5 Å². The third kappa shape index (κ3) is 2.91. The summed E-state index contributed by atoms with van der Waals surface area (Å²) in [5.41, 5.74) is 12.4. The van der Waals surface area contributed by atoms with Crippen LogP contribution in [-0.4, -0.2) is 27.2 Å². The molecule has 6 heteroatoms. The Balaban J connectivity index is 3.16. The van der Waals surface area contributed by atoms with Crippen LogP contribution in [0.15, 0.2) is 12.1 Å². The molecule has 100 valence electrons. The number of rotatable bonds is 5. The van der Waals surface area contributed by atoms with E-state index in [-0.39, 0.29) is 5.91 Å². The maximum Gasteiger partial charge on any atom is 0.255 e. The molecule has 0 saturated carbocycles. The summed E-state index contributed by atoms with van der Waals surface area (Å²) in [4.78, 5) is 11.7. The fourth-order valence-corrected chi connectivity index (χ4v) is 1.66. The number of benzene rings is 1. The van der Waals surface area contributed by atoms with Crippen molar-refractivity contribution in [2.24, 2.45) is 5.73 Å². The normalized spacial score (nSPS) is 11.8. The molecule has 1 aromatic carbocycles. The van der Waals surface area contributed by atoms with Crippen LogP contribution in [0.2, 0.25) is 0 Å². The van der Waals surface area contributed by atoms with E-state index in [9.17, 15) is 4.79 Å². The number of ether oxygens (including phenoxy) is 2. The van der Waals surface area contributed by atoms with Gasteiger partial charge in [0, 0.05) is 12.6 Å². The molecule has 0 bridgehead atoms. The molecule has 0 aliphatic heterocycles. The van der Waals surface area contributed by atoms with Crippen molar-refractivity contribution in [2.75, 3.05) is 21.3 Å². The third-order valence-corrected chi connectivity index (χ3v) is 2.61. The number of carbonyl (C=O) groups is 1. The minimum Gasteiger partial charge on any atom is -0.496 e. The molecule has 0 saturated heterocycles. The van der Waals surface area contributed by atoms with Crippen LogP contribution in [0.1, 0.15) is 17.2 Å². The Hall–Kier alpha value is -1.79. The zero-order valence-corrected chi connectivity index (χ0v) is 11.0. The molecule has 0 radical (unpaired) electrons. The average molecular weight is 253 g/mol. The Bertz CT molecular complexity index is 435. The number of hydrazine groups is 1. The molecule has 0 aromatic heterocycles. The Labute approximate surface area is 106 Å². The number of amides is 1. The number of hydrogen-bond donors (Lipinski definition) is 3. The molecule has 1 rings (SSSR count). The fourth-order valence-electron chi connectivity index (χ4n) is 1.66. The van der Waals surface area contributed by atoms with Crippen molar-refractivity contribution in [3.05, 3.63) is 23.3 Å². The third-order valence-electron chi connectivity index (χ3n) is 2.61. The predicted octanol–water partition coefficient (Wildman–Crippen LogP) is 0.263. The number of methoxy groups -OCH3 is 2. The maximum atomic E-state index is 11.7. The number of hydrogen-bond acceptors (Lipinski definition) is 5. The molecule has 0 aliphatic carbocycles. The van der Waals surface area contributed by atoms with E-state index in [1.807, 2.05) is 6.92 Å². The van der Waals surface area contributed by atoms with Gasteiger partial charge >= 0.3 is 0 Å². The highest BCUT2D eigenvalue weighted by Gasteiger charge is 2.21. The molecule has 0 fully saturated rings. The van der Waals surface area contributed by atoms with Gasteiger partial charge in [-0.05, 0) is 24.6 Å². The van der Waals surface area contributed by atoms with Crippen molar-refractivity contribution in [3.63, 3.8) is 0 Å². The van der Waals surface area contributed by atoms with E-state index >= 15 is 0 Å². The van der Waals surface area contributed by atoms with Gasteiger partial charge in [-0.1, -0.05) is 0 Å². The highest BCUT2D eigenvalue weighted by atomic mass is 16.5. The second-order valence-corrected chi connectivity index (χ2v) is 3.78. The lowest BCUT2D eigenvalue weighted by molar-refractivity contribution is -0.123. The van der Waals surface area contributed by atoms with Crippen LogP contribution in [0.4, 0.5) is 0 Å². The van der Waals surface area contributed by atoms with E-state index < -0.39 is 6.04 Å². The first-order valence-electron chi connectivity index (χ1n) is 5.49. The van der Waals surface area contributed by atoms with Gasteiger partial charge in [-0.3, -0.25) is 10.2 Å². The van der Waals surface area contributed by atoms with E-state index in [0.29, 0.717) is 17.1 Å². The quantitative estimate of drug-likeness (QED) is 0.655. The maximum absolute atomic E-state index is 11.7. The Kier molecular flexibility index (Phi) is 4.94. The topological polar surface area (TPSA) is 85.6 Å². The first kappa shape index (κ1) is 14.3. The molecule has 1 unspecified atom stereocenters. The SMILES string of the molecule is CNNC(=O)C(N)c1cc(OC)c(C)cc1OC. The standard InChI is InChI=1S/C12H19N3O3/c1-7-5-10(18-4)8(6-9(7)17-3)11(13)12(16)15-14-2/h5-6,11,14H,13H2,1-4H3,(H,15,16). The summed E-state index contributed by atoms with van der Waals surface area (Å²) in [5.74, 6) is 0.882. The van der Waals surface area contributed by atoms with Gasteiger partial charge in [0.25, 0.3) is 5.91 Å². The van der Waals surface area contributed by atoms with Crippen LogP contribution in [-0.2, 0) is 4.79 Å². The number of aryl methyl sites for hydroxylation is 1. The van der Waals surface area contributed by atoms with Crippen molar-refractivity contribution < 1.29 is 14.3 Å². The second kappa shape index (κ2) is 6.23. The summed E-state index contributed by atoms with van der Waals surface area (Å²) in [5, 5.41) is 0. The molecule has 6 nitrogen and oxygen atoms in total. The van der Waals surface area contributed by atoms with E-state index in [2.05, 4.69) is 10.9 Å². The lowest BCUT2D eigenvalue weighted by Crippen LogP contribution is -2.40. The molecule has 0 aliphatic rings. The molecule has 0 spiro atoms. The van der Waals surface area contributed by atoms with Crippen LogP contribution < -0.4 is 26.1 Å². The van der Waals surface area contributed by atoms with E-state index in [4.69, 9.17) is 15.2 Å². The summed E-state index contributed by atoms with van der Waals surface area (Å²) < 4.78 is 10.5. The lowest BCUT2D eigenvalue weighted by Gasteiger charge is -2.17. The number of nitrogens with one attached hydrogen (secondary N) is 2. The van der Waals surface area contributed by atoms with Gasteiger partial charge in [0.15, 0.2) is 0 Å². The van der Waals surface area contributed by atoms with Crippen LogP contribution in [0.3, 0.4) is 0 Å². The van der Waals surface area contributed by atoms with Crippen LogP contribution in [0.5, 0.6) is 11.5 Å². The largest absolute Gasteiger partial charge is 0.496 e. The van der Waals surface area contributed by atoms with Crippen molar-refractivity contribution in [1.82, 2.24) is 10.9 Å². The number of carbonyl (C=O) groups excluding carboxylic acids is 1. The zero-order valence-electron chi connectivity index (χ0n) is 11.0. The Morgan fingerprint density at radius 2 is 1.89 bits per heavy atom. The molecule has 1 amide bonds. The smallest absolute Gasteiger partial charge is 0.255 e. The highest BCUT2D eigenvalue weighted by molar-refractivity contribution is 5.83. The van der Waals surface area contributed by atoms with Gasteiger partial charge in [-0.2, -0.15) is 0 Å². The van der Waals surface area contributed by atoms with Gasteiger partial charge in [-0.15, -0.1) is 0 Å². The van der Waals surface area contributed by atoms with E-state index in [1.54, 1.807) is 26.3 Å². The first-order valence-corrected chi connectivity index (χ1v) is 5.49. The van der Waals surface area contributed by atoms with Gasteiger partial charge in [-0.25, -0.2) is 5.43 Å². The number of nitrogens with two attached hydrogens (primary N) is 1. The van der Waals surface area contributed by atoms with Crippen molar-refractivity contribution >= 4 is 5.91 Å². The Morgan fingerprint density at radius 3 is 2.39 bits per heavy atom. The predicted molar refractivity (Wildman–Crippen MR) is 68.4 cm³/mol. The molecule has 0 heterocycles. The molecule has 4 N–H and O–H groups in total. The van der Waals surface area contributed by atoms with Crippen LogP contribution >= 0.6 is 0 Å². The van der Waals surface area contributed by atoms with Gasteiger partial charge in [0.1, 0.15) is 17.5 Å². The van der Waals surface area contributed by atoms with Gasteiger partial charge < -0.3 is 15.2 Å². The summed E-state index contributed by atoms with van der Waals surface area (Å²) in [6.45, 7) is 1.89. The minimum absolute atomic E-state index is 0.346. The first-order chi connectivity index (χ1) is 8.54. The van der Waals surface area contributed by atoms with Crippen molar-refractivity contribution in [2.45, 2.75) is 13.0 Å². The summed E-state index contributed by atoms with van der Waals surface area (Å²) in [7, 11) is 4.70. The van der Waals surface area contributed by atoms with E-state index in [0.717, 1.165) is 5.56 Å². The van der Waals surface area contributed by atoms with Gasteiger partial charge in [0.05, 0.1) is 14.2 Å². The second-order valence-electron chi connectivity index (χ2n) is 3.78. The molecule has 1 atom stereocenters. The van der Waals surface area contributed by atoms with Crippen LogP contribution in [0.25, 0.3) is 0 Å². The minimum atomic E-state index is -0.832. The lowest BCUT2D eigenvalue weighted by atomic mass is 10.0.